The molecule has 4 nitrogen and oxygen atoms in total. The Labute approximate surface area is 142 Å². The molecule has 4 rings (SSSR count). The van der Waals surface area contributed by atoms with E-state index in [1.54, 1.807) is 0 Å². The van der Waals surface area contributed by atoms with Crippen molar-refractivity contribution < 1.29 is 0 Å². The summed E-state index contributed by atoms with van der Waals surface area (Å²) >= 11 is 0. The molecule has 3 aromatic rings. The fraction of sp³-hybridized carbons (Fsp3) is 0.350. The van der Waals surface area contributed by atoms with Gasteiger partial charge in [-0.15, -0.1) is 0 Å². The molecule has 2 aromatic carbocycles. The third kappa shape index (κ3) is 3.44. The molecule has 0 amide bonds. The highest BCUT2D eigenvalue weighted by Crippen LogP contribution is 2.21. The van der Waals surface area contributed by atoms with Gasteiger partial charge in [0, 0.05) is 30.2 Å². The molecule has 0 aliphatic carbocycles. The highest BCUT2D eigenvalue weighted by molar-refractivity contribution is 5.81. The van der Waals surface area contributed by atoms with Gasteiger partial charge in [0.05, 0.1) is 11.7 Å². The number of aromatic nitrogens is 2. The minimum Gasteiger partial charge on any atom is -0.381 e. The van der Waals surface area contributed by atoms with Crippen molar-refractivity contribution in [2.24, 2.45) is 0 Å². The van der Waals surface area contributed by atoms with Crippen molar-refractivity contribution in [1.82, 2.24) is 15.1 Å². The number of H-pyrrole nitrogens is 1. The summed E-state index contributed by atoms with van der Waals surface area (Å²) in [5.41, 5.74) is 5.00. The van der Waals surface area contributed by atoms with Crippen LogP contribution in [0.4, 0.5) is 5.69 Å². The summed E-state index contributed by atoms with van der Waals surface area (Å²) in [5.74, 6) is 0. The van der Waals surface area contributed by atoms with E-state index in [4.69, 9.17) is 0 Å². The van der Waals surface area contributed by atoms with Gasteiger partial charge in [-0.25, -0.2) is 0 Å². The SMILES string of the molecule is Cc1ccc(CN2CCCC(Nc3ccc4[nH]ncc4c3)C2)cc1. The Morgan fingerprint density at radius 1 is 1.21 bits per heavy atom. The number of likely N-dealkylation sites (tertiary alicyclic amines) is 1. The molecule has 124 valence electrons. The summed E-state index contributed by atoms with van der Waals surface area (Å²) < 4.78 is 0. The maximum atomic E-state index is 4.09. The van der Waals surface area contributed by atoms with E-state index < -0.39 is 0 Å². The third-order valence-electron chi connectivity index (χ3n) is 4.84. The number of nitrogens with one attached hydrogen (secondary N) is 2. The summed E-state index contributed by atoms with van der Waals surface area (Å²) in [4.78, 5) is 2.56. The number of piperidine rings is 1. The first-order valence-corrected chi connectivity index (χ1v) is 8.74. The molecule has 0 bridgehead atoms. The average Bonchev–Trinajstić information content (AvgIpc) is 3.05. The van der Waals surface area contributed by atoms with E-state index in [1.165, 1.54) is 36.2 Å². The van der Waals surface area contributed by atoms with E-state index in [0.29, 0.717) is 6.04 Å². The quantitative estimate of drug-likeness (QED) is 0.765. The Kier molecular flexibility index (Phi) is 4.22. The molecular weight excluding hydrogens is 296 g/mol. The van der Waals surface area contributed by atoms with Crippen molar-refractivity contribution in [3.05, 3.63) is 59.8 Å². The number of nitrogens with zero attached hydrogens (tertiary/aromatic N) is 2. The molecule has 2 N–H and O–H groups in total. The number of benzene rings is 2. The lowest BCUT2D eigenvalue weighted by molar-refractivity contribution is 0.208. The monoisotopic (exact) mass is 320 g/mol. The lowest BCUT2D eigenvalue weighted by atomic mass is 10.0. The average molecular weight is 320 g/mol. The number of hydrogen-bond donors (Lipinski definition) is 2. The van der Waals surface area contributed by atoms with E-state index in [-0.39, 0.29) is 0 Å². The topological polar surface area (TPSA) is 44.0 Å². The second-order valence-corrected chi connectivity index (χ2v) is 6.88. The summed E-state index contributed by atoms with van der Waals surface area (Å²) in [6.07, 6.45) is 4.36. The zero-order valence-electron chi connectivity index (χ0n) is 14.1. The second-order valence-electron chi connectivity index (χ2n) is 6.88. The van der Waals surface area contributed by atoms with Crippen LogP contribution >= 0.6 is 0 Å². The number of hydrogen-bond acceptors (Lipinski definition) is 3. The molecule has 0 spiro atoms. The van der Waals surface area contributed by atoms with E-state index >= 15 is 0 Å². The number of aryl methyl sites for hydroxylation is 1. The Hall–Kier alpha value is -2.33. The molecule has 2 heterocycles. The Morgan fingerprint density at radius 3 is 2.96 bits per heavy atom. The van der Waals surface area contributed by atoms with Crippen molar-refractivity contribution in [3.63, 3.8) is 0 Å². The van der Waals surface area contributed by atoms with Crippen LogP contribution in [0.5, 0.6) is 0 Å². The van der Waals surface area contributed by atoms with Gasteiger partial charge in [-0.2, -0.15) is 5.10 Å². The van der Waals surface area contributed by atoms with E-state index in [1.807, 2.05) is 6.20 Å². The minimum absolute atomic E-state index is 0.508. The van der Waals surface area contributed by atoms with Crippen LogP contribution in [0.15, 0.2) is 48.7 Å². The minimum atomic E-state index is 0.508. The maximum absolute atomic E-state index is 4.09. The largest absolute Gasteiger partial charge is 0.381 e. The van der Waals surface area contributed by atoms with Gasteiger partial charge in [0.1, 0.15) is 0 Å². The molecule has 24 heavy (non-hydrogen) atoms. The summed E-state index contributed by atoms with van der Waals surface area (Å²) in [5, 5.41) is 12.0. The van der Waals surface area contributed by atoms with Crippen LogP contribution < -0.4 is 5.32 Å². The molecule has 1 aliphatic rings. The smallest absolute Gasteiger partial charge is 0.0651 e. The third-order valence-corrected chi connectivity index (χ3v) is 4.84. The number of anilines is 1. The van der Waals surface area contributed by atoms with Gasteiger partial charge in [-0.3, -0.25) is 10.00 Å². The highest BCUT2D eigenvalue weighted by atomic mass is 15.2. The molecule has 1 saturated heterocycles. The summed E-state index contributed by atoms with van der Waals surface area (Å²) in [6, 6.07) is 15.8. The molecule has 1 aliphatic heterocycles. The zero-order chi connectivity index (χ0) is 16.4. The number of rotatable bonds is 4. The van der Waals surface area contributed by atoms with Crippen LogP contribution in [-0.2, 0) is 6.54 Å². The first-order valence-electron chi connectivity index (χ1n) is 8.74. The summed E-state index contributed by atoms with van der Waals surface area (Å²) in [6.45, 7) is 5.46. The summed E-state index contributed by atoms with van der Waals surface area (Å²) in [7, 11) is 0. The van der Waals surface area contributed by atoms with Crippen LogP contribution in [0.3, 0.4) is 0 Å². The van der Waals surface area contributed by atoms with Gasteiger partial charge in [0.2, 0.25) is 0 Å². The number of aromatic amines is 1. The zero-order valence-corrected chi connectivity index (χ0v) is 14.1. The molecule has 1 unspecified atom stereocenters. The fourth-order valence-corrected chi connectivity index (χ4v) is 3.54. The van der Waals surface area contributed by atoms with Crippen molar-refractivity contribution in [3.8, 4) is 0 Å². The van der Waals surface area contributed by atoms with Crippen molar-refractivity contribution in [2.75, 3.05) is 18.4 Å². The van der Waals surface area contributed by atoms with Gasteiger partial charge in [0.15, 0.2) is 0 Å². The molecule has 1 aromatic heterocycles. The Bertz CT molecular complexity index is 806. The molecule has 4 heteroatoms. The first-order chi connectivity index (χ1) is 11.8. The standard InChI is InChI=1S/C20H24N4/c1-15-4-6-16(7-5-15)13-24-10-2-3-19(14-24)22-18-8-9-20-17(11-18)12-21-23-20/h4-9,11-12,19,22H,2-3,10,13-14H2,1H3,(H,21,23). The Balaban J connectivity index is 1.39. The highest BCUT2D eigenvalue weighted by Gasteiger charge is 2.19. The predicted octanol–water partition coefficient (Wildman–Crippen LogP) is 3.95. The van der Waals surface area contributed by atoms with Crippen molar-refractivity contribution in [2.45, 2.75) is 32.4 Å². The predicted molar refractivity (Wildman–Crippen MR) is 99.2 cm³/mol. The lowest BCUT2D eigenvalue weighted by Gasteiger charge is -2.33. The maximum Gasteiger partial charge on any atom is 0.0651 e. The van der Waals surface area contributed by atoms with Crippen LogP contribution in [0.1, 0.15) is 24.0 Å². The normalized spacial score (nSPS) is 18.8. The van der Waals surface area contributed by atoms with Crippen molar-refractivity contribution >= 4 is 16.6 Å². The van der Waals surface area contributed by atoms with Gasteiger partial charge >= 0.3 is 0 Å². The fourth-order valence-electron chi connectivity index (χ4n) is 3.54. The van der Waals surface area contributed by atoms with Crippen LogP contribution in [0.2, 0.25) is 0 Å². The van der Waals surface area contributed by atoms with Crippen LogP contribution in [0.25, 0.3) is 10.9 Å². The van der Waals surface area contributed by atoms with Crippen LogP contribution in [0, 0.1) is 6.92 Å². The van der Waals surface area contributed by atoms with E-state index in [0.717, 1.165) is 24.0 Å². The first kappa shape index (κ1) is 15.2. The van der Waals surface area contributed by atoms with Gasteiger partial charge in [-0.05, 0) is 50.1 Å². The van der Waals surface area contributed by atoms with Gasteiger partial charge in [0.25, 0.3) is 0 Å². The molecule has 0 saturated carbocycles. The molecular formula is C20H24N4. The van der Waals surface area contributed by atoms with E-state index in [2.05, 4.69) is 69.8 Å². The van der Waals surface area contributed by atoms with Crippen LogP contribution in [-0.4, -0.2) is 34.2 Å². The lowest BCUT2D eigenvalue weighted by Crippen LogP contribution is -2.41. The molecule has 1 fully saturated rings. The van der Waals surface area contributed by atoms with Gasteiger partial charge < -0.3 is 5.32 Å². The second kappa shape index (κ2) is 6.65. The van der Waals surface area contributed by atoms with E-state index in [9.17, 15) is 0 Å². The number of fused-ring (bicyclic) bond motifs is 1. The molecule has 1 atom stereocenters. The molecule has 0 radical (unpaired) electrons. The van der Waals surface area contributed by atoms with Gasteiger partial charge in [-0.1, -0.05) is 29.8 Å². The van der Waals surface area contributed by atoms with Crippen molar-refractivity contribution in [1.29, 1.82) is 0 Å². The Morgan fingerprint density at radius 2 is 2.08 bits per heavy atom.